The van der Waals surface area contributed by atoms with E-state index in [0.29, 0.717) is 18.2 Å². The van der Waals surface area contributed by atoms with Crippen molar-refractivity contribution in [1.29, 1.82) is 0 Å². The van der Waals surface area contributed by atoms with E-state index in [-0.39, 0.29) is 12.7 Å². The minimum Gasteiger partial charge on any atom is -0.491 e. The van der Waals surface area contributed by atoms with E-state index in [0.717, 1.165) is 29.9 Å². The highest BCUT2D eigenvalue weighted by Crippen LogP contribution is 2.27. The van der Waals surface area contributed by atoms with Crippen LogP contribution in [-0.4, -0.2) is 55.6 Å². The van der Waals surface area contributed by atoms with Crippen LogP contribution in [0.25, 0.3) is 0 Å². The van der Waals surface area contributed by atoms with Crippen molar-refractivity contribution in [2.75, 3.05) is 39.5 Å². The summed E-state index contributed by atoms with van der Waals surface area (Å²) in [6.07, 6.45) is -0.0731. The molecule has 1 aromatic carbocycles. The first kappa shape index (κ1) is 15.1. The fourth-order valence-corrected chi connectivity index (χ4v) is 2.77. The van der Waals surface area contributed by atoms with E-state index in [2.05, 4.69) is 20.8 Å². The summed E-state index contributed by atoms with van der Waals surface area (Å²) in [6, 6.07) is 5.47. The van der Waals surface area contributed by atoms with Crippen LogP contribution < -0.4 is 4.74 Å². The van der Waals surface area contributed by atoms with Gasteiger partial charge in [0, 0.05) is 24.7 Å². The van der Waals surface area contributed by atoms with Crippen molar-refractivity contribution in [3.8, 4) is 5.75 Å². The average Bonchev–Trinajstić information content (AvgIpc) is 2.41. The van der Waals surface area contributed by atoms with Crippen molar-refractivity contribution in [2.45, 2.75) is 6.10 Å². The summed E-state index contributed by atoms with van der Waals surface area (Å²) in [4.78, 5) is 2.23. The summed E-state index contributed by atoms with van der Waals surface area (Å²) in [5, 5.41) is 9.75. The van der Waals surface area contributed by atoms with Crippen molar-refractivity contribution < 1.29 is 14.6 Å². The van der Waals surface area contributed by atoms with Crippen LogP contribution in [0.3, 0.4) is 0 Å². The Morgan fingerprint density at radius 3 is 3.11 bits per heavy atom. The predicted octanol–water partition coefficient (Wildman–Crippen LogP) is 2.17. The van der Waals surface area contributed by atoms with Gasteiger partial charge in [-0.25, -0.2) is 0 Å². The molecule has 1 N–H and O–H groups in total. The fourth-order valence-electron chi connectivity index (χ4n) is 1.97. The van der Waals surface area contributed by atoms with Gasteiger partial charge in [0.1, 0.15) is 12.4 Å². The Balaban J connectivity index is 1.76. The molecule has 2 rings (SSSR count). The molecular formula is C13H17BrClNO3. The zero-order valence-corrected chi connectivity index (χ0v) is 12.9. The quantitative estimate of drug-likeness (QED) is 0.884. The summed E-state index contributed by atoms with van der Waals surface area (Å²) in [5.74, 6) is 0.788. The zero-order valence-electron chi connectivity index (χ0n) is 10.5. The van der Waals surface area contributed by atoms with Gasteiger partial charge in [0.25, 0.3) is 0 Å². The van der Waals surface area contributed by atoms with E-state index in [1.165, 1.54) is 0 Å². The summed E-state index contributed by atoms with van der Waals surface area (Å²) in [6.45, 7) is 3.77. The van der Waals surface area contributed by atoms with E-state index in [1.54, 1.807) is 6.07 Å². The van der Waals surface area contributed by atoms with Gasteiger partial charge in [0.05, 0.1) is 23.8 Å². The molecule has 1 aliphatic rings. The summed E-state index contributed by atoms with van der Waals surface area (Å²) >= 11 is 9.29. The maximum absolute atomic E-state index is 9.07. The second kappa shape index (κ2) is 7.45. The van der Waals surface area contributed by atoms with Crippen molar-refractivity contribution in [3.05, 3.63) is 27.7 Å². The highest BCUT2D eigenvalue weighted by Gasteiger charge is 2.19. The fraction of sp³-hybridized carbons (Fsp3) is 0.538. The predicted molar refractivity (Wildman–Crippen MR) is 77.9 cm³/mol. The van der Waals surface area contributed by atoms with Crippen LogP contribution >= 0.6 is 27.5 Å². The molecule has 1 aromatic rings. The largest absolute Gasteiger partial charge is 0.491 e. The van der Waals surface area contributed by atoms with Crippen LogP contribution in [-0.2, 0) is 4.74 Å². The van der Waals surface area contributed by atoms with Gasteiger partial charge in [-0.15, -0.1) is 0 Å². The first-order valence-corrected chi connectivity index (χ1v) is 7.39. The molecule has 1 heterocycles. The number of rotatable bonds is 5. The van der Waals surface area contributed by atoms with Gasteiger partial charge in [-0.2, -0.15) is 0 Å². The minimum absolute atomic E-state index is 0.0695. The molecule has 0 amide bonds. The maximum atomic E-state index is 9.07. The normalized spacial score (nSPS) is 20.5. The lowest BCUT2D eigenvalue weighted by Gasteiger charge is -2.31. The highest BCUT2D eigenvalue weighted by atomic mass is 79.9. The molecule has 1 unspecified atom stereocenters. The molecule has 106 valence electrons. The first-order valence-electron chi connectivity index (χ1n) is 6.21. The number of hydrogen-bond donors (Lipinski definition) is 1. The SMILES string of the molecule is OCC1CN(CCOc2ccc(Cl)cc2Br)CCO1. The molecule has 1 atom stereocenters. The van der Waals surface area contributed by atoms with Gasteiger partial charge in [-0.1, -0.05) is 11.6 Å². The van der Waals surface area contributed by atoms with E-state index in [1.807, 2.05) is 12.1 Å². The molecule has 1 saturated heterocycles. The minimum atomic E-state index is -0.0731. The topological polar surface area (TPSA) is 41.9 Å². The van der Waals surface area contributed by atoms with E-state index >= 15 is 0 Å². The highest BCUT2D eigenvalue weighted by molar-refractivity contribution is 9.10. The maximum Gasteiger partial charge on any atom is 0.133 e. The molecule has 4 nitrogen and oxygen atoms in total. The molecule has 1 aliphatic heterocycles. The molecule has 0 saturated carbocycles. The molecule has 6 heteroatoms. The number of morpholine rings is 1. The standard InChI is InChI=1S/C13H17BrClNO3/c14-12-7-10(15)1-2-13(12)19-6-4-16-3-5-18-11(8-16)9-17/h1-2,7,11,17H,3-6,8-9H2. The number of nitrogens with zero attached hydrogens (tertiary/aromatic N) is 1. The Morgan fingerprint density at radius 2 is 2.37 bits per heavy atom. The van der Waals surface area contributed by atoms with Crippen LogP contribution in [0.2, 0.25) is 5.02 Å². The van der Waals surface area contributed by atoms with Crippen LogP contribution in [0.15, 0.2) is 22.7 Å². The van der Waals surface area contributed by atoms with E-state index < -0.39 is 0 Å². The van der Waals surface area contributed by atoms with E-state index in [9.17, 15) is 0 Å². The van der Waals surface area contributed by atoms with Crippen molar-refractivity contribution in [2.24, 2.45) is 0 Å². The van der Waals surface area contributed by atoms with Crippen LogP contribution in [0, 0.1) is 0 Å². The van der Waals surface area contributed by atoms with Crippen molar-refractivity contribution in [1.82, 2.24) is 4.90 Å². The van der Waals surface area contributed by atoms with Gasteiger partial charge in [0.15, 0.2) is 0 Å². The Hall–Kier alpha value is -0.330. The summed E-state index contributed by atoms with van der Waals surface area (Å²) in [7, 11) is 0. The Bertz CT molecular complexity index is 419. The third kappa shape index (κ3) is 4.61. The molecule has 1 fully saturated rings. The molecule has 0 bridgehead atoms. The van der Waals surface area contributed by atoms with Gasteiger partial charge < -0.3 is 14.6 Å². The van der Waals surface area contributed by atoms with E-state index in [4.69, 9.17) is 26.2 Å². The smallest absolute Gasteiger partial charge is 0.133 e. The molecule has 19 heavy (non-hydrogen) atoms. The second-order valence-corrected chi connectivity index (χ2v) is 5.69. The van der Waals surface area contributed by atoms with Crippen LogP contribution in [0.5, 0.6) is 5.75 Å². The Morgan fingerprint density at radius 1 is 1.53 bits per heavy atom. The molecular weight excluding hydrogens is 334 g/mol. The number of aliphatic hydroxyl groups excluding tert-OH is 1. The Kier molecular flexibility index (Phi) is 5.91. The third-order valence-corrected chi connectivity index (χ3v) is 3.84. The lowest BCUT2D eigenvalue weighted by molar-refractivity contribution is -0.0547. The summed E-state index contributed by atoms with van der Waals surface area (Å²) < 4.78 is 12.0. The molecule has 0 spiro atoms. The Labute approximate surface area is 126 Å². The van der Waals surface area contributed by atoms with Crippen molar-refractivity contribution >= 4 is 27.5 Å². The lowest BCUT2D eigenvalue weighted by atomic mass is 10.3. The number of halogens is 2. The molecule has 0 aliphatic carbocycles. The monoisotopic (exact) mass is 349 g/mol. The lowest BCUT2D eigenvalue weighted by Crippen LogP contribution is -2.45. The van der Waals surface area contributed by atoms with Gasteiger partial charge in [0.2, 0.25) is 0 Å². The number of benzene rings is 1. The van der Waals surface area contributed by atoms with Crippen LogP contribution in [0.4, 0.5) is 0 Å². The zero-order chi connectivity index (χ0) is 13.7. The van der Waals surface area contributed by atoms with Crippen molar-refractivity contribution in [3.63, 3.8) is 0 Å². The number of ether oxygens (including phenoxy) is 2. The van der Waals surface area contributed by atoms with Gasteiger partial charge >= 0.3 is 0 Å². The first-order chi connectivity index (χ1) is 9.19. The molecule has 0 radical (unpaired) electrons. The second-order valence-electron chi connectivity index (χ2n) is 4.40. The van der Waals surface area contributed by atoms with Gasteiger partial charge in [-0.05, 0) is 34.1 Å². The molecule has 0 aromatic heterocycles. The third-order valence-electron chi connectivity index (χ3n) is 2.99. The van der Waals surface area contributed by atoms with Crippen LogP contribution in [0.1, 0.15) is 0 Å². The number of aliphatic hydroxyl groups is 1. The summed E-state index contributed by atoms with van der Waals surface area (Å²) in [5.41, 5.74) is 0. The number of hydrogen-bond acceptors (Lipinski definition) is 4. The average molecular weight is 351 g/mol. The van der Waals surface area contributed by atoms with Gasteiger partial charge in [-0.3, -0.25) is 4.90 Å².